The van der Waals surface area contributed by atoms with Crippen molar-refractivity contribution in [2.24, 2.45) is 0 Å². The van der Waals surface area contributed by atoms with Gasteiger partial charge < -0.3 is 10.1 Å². The number of halogens is 4. The third-order valence-corrected chi connectivity index (χ3v) is 4.21. The molecule has 1 N–H and O–H groups in total. The van der Waals surface area contributed by atoms with Gasteiger partial charge in [-0.15, -0.1) is 0 Å². The molecule has 0 heterocycles. The maximum absolute atomic E-state index is 13.4. The molecule has 0 saturated heterocycles. The van der Waals surface area contributed by atoms with Crippen molar-refractivity contribution in [1.29, 1.82) is 0 Å². The Morgan fingerprint density at radius 1 is 1.11 bits per heavy atom. The summed E-state index contributed by atoms with van der Waals surface area (Å²) < 4.78 is 44.8. The average molecular weight is 412 g/mol. The maximum Gasteiger partial charge on any atom is 0.417 e. The van der Waals surface area contributed by atoms with Crippen molar-refractivity contribution in [3.63, 3.8) is 0 Å². The first-order valence-electron chi connectivity index (χ1n) is 8.18. The quantitative estimate of drug-likeness (QED) is 0.553. The summed E-state index contributed by atoms with van der Waals surface area (Å²) in [7, 11) is 1.17. The molecule has 148 valence electrons. The molecule has 8 heteroatoms. The second-order valence-electron chi connectivity index (χ2n) is 5.78. The Balaban J connectivity index is 2.34. The number of rotatable bonds is 6. The van der Waals surface area contributed by atoms with E-state index in [1.165, 1.54) is 31.4 Å². The molecule has 0 aliphatic heterocycles. The Hall–Kier alpha value is -2.80. The lowest BCUT2D eigenvalue weighted by Crippen LogP contribution is -2.30. The van der Waals surface area contributed by atoms with Crippen molar-refractivity contribution < 1.29 is 27.5 Å². The van der Waals surface area contributed by atoms with Crippen LogP contribution in [0.5, 0.6) is 0 Å². The molecule has 28 heavy (non-hydrogen) atoms. The number of hydrogen-bond acceptors (Lipinski definition) is 3. The summed E-state index contributed by atoms with van der Waals surface area (Å²) >= 11 is 6.10. The van der Waals surface area contributed by atoms with E-state index >= 15 is 0 Å². The van der Waals surface area contributed by atoms with Crippen LogP contribution in [0, 0.1) is 0 Å². The Bertz CT molecular complexity index is 866. The number of allylic oxidation sites excluding steroid dienone is 1. The molecule has 2 rings (SSSR count). The van der Waals surface area contributed by atoms with E-state index in [4.69, 9.17) is 11.6 Å². The van der Waals surface area contributed by atoms with Crippen molar-refractivity contribution in [1.82, 2.24) is 5.32 Å². The zero-order valence-corrected chi connectivity index (χ0v) is 15.6. The lowest BCUT2D eigenvalue weighted by atomic mass is 10.0. The van der Waals surface area contributed by atoms with Crippen LogP contribution in [-0.2, 0) is 14.3 Å². The van der Waals surface area contributed by atoms with E-state index in [1.54, 1.807) is 30.3 Å². The van der Waals surface area contributed by atoms with Gasteiger partial charge >= 0.3 is 12.1 Å². The fourth-order valence-corrected chi connectivity index (χ4v) is 2.80. The van der Waals surface area contributed by atoms with E-state index in [-0.39, 0.29) is 17.0 Å². The number of ether oxygens (including phenoxy) is 1. The lowest BCUT2D eigenvalue weighted by Gasteiger charge is -2.19. The van der Waals surface area contributed by atoms with Gasteiger partial charge in [-0.3, -0.25) is 9.59 Å². The third-order valence-electron chi connectivity index (χ3n) is 3.86. The fraction of sp³-hybridized carbons (Fsp3) is 0.200. The largest absolute Gasteiger partial charge is 0.469 e. The summed E-state index contributed by atoms with van der Waals surface area (Å²) in [6.45, 7) is 0. The van der Waals surface area contributed by atoms with Gasteiger partial charge in [0.05, 0.1) is 25.1 Å². The summed E-state index contributed by atoms with van der Waals surface area (Å²) in [4.78, 5) is 24.0. The Morgan fingerprint density at radius 3 is 2.29 bits per heavy atom. The van der Waals surface area contributed by atoms with Crippen LogP contribution >= 0.6 is 11.6 Å². The van der Waals surface area contributed by atoms with Crippen molar-refractivity contribution in [3.8, 4) is 0 Å². The van der Waals surface area contributed by atoms with Gasteiger partial charge in [-0.2, -0.15) is 13.2 Å². The van der Waals surface area contributed by atoms with Crippen molar-refractivity contribution in [3.05, 3.63) is 76.8 Å². The molecular weight excluding hydrogens is 395 g/mol. The molecule has 0 bridgehead atoms. The van der Waals surface area contributed by atoms with E-state index in [1.807, 2.05) is 0 Å². The zero-order chi connectivity index (χ0) is 20.7. The highest BCUT2D eigenvalue weighted by Crippen LogP contribution is 2.34. The molecule has 0 radical (unpaired) electrons. The standard InChI is InChI=1S/C20H17ClF3NO3/c1-28-19(27)12-17(14-9-5-6-10-16(14)21)25-18(26)11-15(20(22,23)24)13-7-3-2-4-8-13/h2-11,17H,12H2,1H3,(H,25,26)/b15-11+. The number of amides is 1. The van der Waals surface area contributed by atoms with Crippen LogP contribution < -0.4 is 5.32 Å². The minimum atomic E-state index is -4.74. The first-order valence-corrected chi connectivity index (χ1v) is 8.56. The van der Waals surface area contributed by atoms with Gasteiger partial charge in [0.1, 0.15) is 0 Å². The van der Waals surface area contributed by atoms with Crippen molar-refractivity contribution >= 4 is 29.1 Å². The first-order chi connectivity index (χ1) is 13.2. The van der Waals surface area contributed by atoms with Crippen LogP contribution in [0.3, 0.4) is 0 Å². The topological polar surface area (TPSA) is 55.4 Å². The molecule has 4 nitrogen and oxygen atoms in total. The second-order valence-corrected chi connectivity index (χ2v) is 6.19. The van der Waals surface area contributed by atoms with Gasteiger partial charge in [0, 0.05) is 11.1 Å². The van der Waals surface area contributed by atoms with Crippen LogP contribution in [0.15, 0.2) is 60.7 Å². The normalized spacial score (nSPS) is 13.0. The summed E-state index contributed by atoms with van der Waals surface area (Å²) in [5.74, 6) is -1.65. The Labute approximate surface area is 165 Å². The number of carbonyl (C=O) groups excluding carboxylic acids is 2. The van der Waals surface area contributed by atoms with E-state index < -0.39 is 29.7 Å². The molecule has 0 spiro atoms. The number of alkyl halides is 3. The predicted molar refractivity (Wildman–Crippen MR) is 99.4 cm³/mol. The number of hydrogen-bond donors (Lipinski definition) is 1. The highest BCUT2D eigenvalue weighted by Gasteiger charge is 2.35. The van der Waals surface area contributed by atoms with Crippen LogP contribution in [0.4, 0.5) is 13.2 Å². The highest BCUT2D eigenvalue weighted by molar-refractivity contribution is 6.31. The van der Waals surface area contributed by atoms with E-state index in [9.17, 15) is 22.8 Å². The van der Waals surface area contributed by atoms with Crippen molar-refractivity contribution in [2.75, 3.05) is 7.11 Å². The predicted octanol–water partition coefficient (Wildman–Crippen LogP) is 4.71. The number of benzene rings is 2. The van der Waals surface area contributed by atoms with Crippen LogP contribution in [-0.4, -0.2) is 25.2 Å². The molecule has 0 aliphatic rings. The zero-order valence-electron chi connectivity index (χ0n) is 14.8. The molecule has 1 atom stereocenters. The summed E-state index contributed by atoms with van der Waals surface area (Å²) in [6.07, 6.45) is -4.55. The molecule has 0 saturated carbocycles. The molecular formula is C20H17ClF3NO3. The molecule has 2 aromatic rings. The van der Waals surface area contributed by atoms with Gasteiger partial charge in [-0.25, -0.2) is 0 Å². The number of esters is 1. The van der Waals surface area contributed by atoms with Gasteiger partial charge in [0.25, 0.3) is 0 Å². The summed E-state index contributed by atoms with van der Waals surface area (Å²) in [5.41, 5.74) is -0.849. The second kappa shape index (κ2) is 9.41. The van der Waals surface area contributed by atoms with Crippen LogP contribution in [0.1, 0.15) is 23.6 Å². The average Bonchev–Trinajstić information content (AvgIpc) is 2.65. The molecule has 0 fully saturated rings. The minimum Gasteiger partial charge on any atom is -0.469 e. The number of nitrogens with one attached hydrogen (secondary N) is 1. The molecule has 1 unspecified atom stereocenters. The van der Waals surface area contributed by atoms with Crippen LogP contribution in [0.25, 0.3) is 5.57 Å². The number of methoxy groups -OCH3 is 1. The molecule has 0 aliphatic carbocycles. The fourth-order valence-electron chi connectivity index (χ4n) is 2.54. The van der Waals surface area contributed by atoms with E-state index in [2.05, 4.69) is 10.1 Å². The first kappa shape index (κ1) is 21.5. The van der Waals surface area contributed by atoms with Gasteiger partial charge in [-0.05, 0) is 17.2 Å². The molecule has 1 amide bonds. The monoisotopic (exact) mass is 411 g/mol. The van der Waals surface area contributed by atoms with E-state index in [0.29, 0.717) is 11.6 Å². The van der Waals surface area contributed by atoms with E-state index in [0.717, 1.165) is 0 Å². The van der Waals surface area contributed by atoms with Gasteiger partial charge in [0.2, 0.25) is 5.91 Å². The summed E-state index contributed by atoms with van der Waals surface area (Å²) in [5, 5.41) is 2.67. The highest BCUT2D eigenvalue weighted by atomic mass is 35.5. The van der Waals surface area contributed by atoms with Crippen LogP contribution in [0.2, 0.25) is 5.02 Å². The Kier molecular flexibility index (Phi) is 7.23. The lowest BCUT2D eigenvalue weighted by molar-refractivity contribution is -0.141. The Morgan fingerprint density at radius 2 is 1.71 bits per heavy atom. The van der Waals surface area contributed by atoms with Crippen molar-refractivity contribution in [2.45, 2.75) is 18.6 Å². The summed E-state index contributed by atoms with van der Waals surface area (Å²) in [6, 6.07) is 12.4. The van der Waals surface area contributed by atoms with Gasteiger partial charge in [0.15, 0.2) is 0 Å². The maximum atomic E-state index is 13.4. The number of carbonyl (C=O) groups is 2. The van der Waals surface area contributed by atoms with Gasteiger partial charge in [-0.1, -0.05) is 60.1 Å². The smallest absolute Gasteiger partial charge is 0.417 e. The SMILES string of the molecule is COC(=O)CC(NC(=O)/C=C(\c1ccccc1)C(F)(F)F)c1ccccc1Cl. The third kappa shape index (κ3) is 5.85. The molecule has 0 aromatic heterocycles. The molecule has 2 aromatic carbocycles. The minimum absolute atomic E-state index is 0.146.